The molecule has 0 saturated carbocycles. The third-order valence-corrected chi connectivity index (χ3v) is 6.10. The molecule has 2 heterocycles. The molecular formula is C27H30FNO4. The van der Waals surface area contributed by atoms with Crippen LogP contribution in [0.5, 0.6) is 5.75 Å². The van der Waals surface area contributed by atoms with Gasteiger partial charge in [-0.15, -0.1) is 0 Å². The van der Waals surface area contributed by atoms with Gasteiger partial charge in [-0.2, -0.15) is 0 Å². The van der Waals surface area contributed by atoms with Crippen molar-refractivity contribution < 1.29 is 23.8 Å². The summed E-state index contributed by atoms with van der Waals surface area (Å²) in [6, 6.07) is 7.03. The van der Waals surface area contributed by atoms with Crippen LogP contribution < -0.4 is 4.74 Å². The van der Waals surface area contributed by atoms with E-state index in [-0.39, 0.29) is 5.82 Å². The number of hydrogen-bond acceptors (Lipinski definition) is 4. The van der Waals surface area contributed by atoms with Gasteiger partial charge < -0.3 is 14.6 Å². The van der Waals surface area contributed by atoms with Crippen molar-refractivity contribution in [2.24, 2.45) is 0 Å². The summed E-state index contributed by atoms with van der Waals surface area (Å²) in [6.45, 7) is 11.6. The Morgan fingerprint density at radius 1 is 1.21 bits per heavy atom. The average Bonchev–Trinajstić information content (AvgIpc) is 2.73. The molecule has 5 nitrogen and oxygen atoms in total. The fourth-order valence-corrected chi connectivity index (χ4v) is 4.60. The molecule has 1 aromatic heterocycles. The summed E-state index contributed by atoms with van der Waals surface area (Å²) in [4.78, 5) is 17.1. The van der Waals surface area contributed by atoms with E-state index in [1.54, 1.807) is 19.9 Å². The number of carboxylic acids is 1. The monoisotopic (exact) mass is 451 g/mol. The highest BCUT2D eigenvalue weighted by Crippen LogP contribution is 2.43. The van der Waals surface area contributed by atoms with Crippen molar-refractivity contribution >= 4 is 16.9 Å². The first kappa shape index (κ1) is 23.2. The van der Waals surface area contributed by atoms with E-state index in [0.29, 0.717) is 39.9 Å². The quantitative estimate of drug-likeness (QED) is 0.509. The maximum atomic E-state index is 14.8. The van der Waals surface area contributed by atoms with Crippen LogP contribution in [0, 0.1) is 26.6 Å². The zero-order valence-corrected chi connectivity index (χ0v) is 20.0. The van der Waals surface area contributed by atoms with E-state index < -0.39 is 17.7 Å². The second-order valence-corrected chi connectivity index (χ2v) is 9.72. The first-order valence-corrected chi connectivity index (χ1v) is 11.2. The molecule has 2 aromatic carbocycles. The molecule has 1 atom stereocenters. The van der Waals surface area contributed by atoms with Crippen molar-refractivity contribution in [2.45, 2.75) is 66.1 Å². The topological polar surface area (TPSA) is 68.7 Å². The number of fused-ring (bicyclic) bond motifs is 2. The molecule has 0 spiro atoms. The Balaban J connectivity index is 2.11. The van der Waals surface area contributed by atoms with E-state index in [4.69, 9.17) is 9.47 Å². The van der Waals surface area contributed by atoms with E-state index in [1.165, 1.54) is 6.07 Å². The standard InChI is InChI=1S/C27H30FNO4/c1-14-12-21-19(13-20(14)28)24(18-9-10-22-17(15(18)2)8-7-11-32-22)23(16(3)29-21)25(26(30)31)33-27(4,5)6/h9-10,12-13,25H,7-8,11H2,1-6H3,(H,30,31)/t25-/m0/s1. The zero-order valence-electron chi connectivity index (χ0n) is 20.0. The van der Waals surface area contributed by atoms with Crippen molar-refractivity contribution in [3.8, 4) is 16.9 Å². The van der Waals surface area contributed by atoms with Gasteiger partial charge in [0.05, 0.1) is 17.7 Å². The lowest BCUT2D eigenvalue weighted by Crippen LogP contribution is -2.28. The highest BCUT2D eigenvalue weighted by molar-refractivity contribution is 6.00. The summed E-state index contributed by atoms with van der Waals surface area (Å²) in [5, 5.41) is 10.7. The van der Waals surface area contributed by atoms with Crippen LogP contribution in [-0.4, -0.2) is 28.3 Å². The SMILES string of the molecule is Cc1cc2nc(C)c([C@H](OC(C)(C)C)C(=O)O)c(-c3ccc4c(c3C)CCCO4)c2cc1F. The summed E-state index contributed by atoms with van der Waals surface area (Å²) in [6.07, 6.45) is 0.535. The van der Waals surface area contributed by atoms with Crippen LogP contribution in [0.4, 0.5) is 4.39 Å². The molecule has 3 aromatic rings. The summed E-state index contributed by atoms with van der Waals surface area (Å²) < 4.78 is 26.6. The van der Waals surface area contributed by atoms with Gasteiger partial charge in [0.2, 0.25) is 0 Å². The van der Waals surface area contributed by atoms with Gasteiger partial charge in [0, 0.05) is 16.6 Å². The van der Waals surface area contributed by atoms with Gasteiger partial charge in [-0.3, -0.25) is 4.98 Å². The molecule has 1 aliphatic heterocycles. The first-order valence-electron chi connectivity index (χ1n) is 11.2. The summed E-state index contributed by atoms with van der Waals surface area (Å²) >= 11 is 0. The molecule has 1 aliphatic rings. The first-order chi connectivity index (χ1) is 15.5. The Hall–Kier alpha value is -2.99. The van der Waals surface area contributed by atoms with Crippen LogP contribution in [-0.2, 0) is 16.0 Å². The number of carboxylic acid groups (broad SMARTS) is 1. The number of aromatic nitrogens is 1. The summed E-state index contributed by atoms with van der Waals surface area (Å²) in [7, 11) is 0. The van der Waals surface area contributed by atoms with Crippen LogP contribution in [0.2, 0.25) is 0 Å². The van der Waals surface area contributed by atoms with Crippen molar-refractivity contribution in [3.05, 3.63) is 58.0 Å². The third kappa shape index (κ3) is 4.32. The van der Waals surface area contributed by atoms with Gasteiger partial charge in [0.1, 0.15) is 11.6 Å². The predicted molar refractivity (Wildman–Crippen MR) is 126 cm³/mol. The van der Waals surface area contributed by atoms with Gasteiger partial charge in [-0.1, -0.05) is 6.07 Å². The molecule has 33 heavy (non-hydrogen) atoms. The number of hydrogen-bond donors (Lipinski definition) is 1. The fraction of sp³-hybridized carbons (Fsp3) is 0.407. The number of aryl methyl sites for hydroxylation is 2. The highest BCUT2D eigenvalue weighted by Gasteiger charge is 2.33. The summed E-state index contributed by atoms with van der Waals surface area (Å²) in [5.74, 6) is -0.619. The molecule has 4 rings (SSSR count). The van der Waals surface area contributed by atoms with Crippen molar-refractivity contribution in [1.82, 2.24) is 4.98 Å². The predicted octanol–water partition coefficient (Wildman–Crippen LogP) is 6.23. The Labute approximate surface area is 193 Å². The molecule has 0 saturated heterocycles. The minimum absolute atomic E-state index is 0.358. The number of benzene rings is 2. The van der Waals surface area contributed by atoms with E-state index in [1.807, 2.05) is 39.8 Å². The fourth-order valence-electron chi connectivity index (χ4n) is 4.60. The normalized spacial score (nSPS) is 14.6. The van der Waals surface area contributed by atoms with Crippen molar-refractivity contribution in [3.63, 3.8) is 0 Å². The Kier molecular flexibility index (Phi) is 5.91. The minimum Gasteiger partial charge on any atom is -0.493 e. The number of carbonyl (C=O) groups is 1. The Bertz CT molecular complexity index is 1260. The Morgan fingerprint density at radius 2 is 1.94 bits per heavy atom. The molecule has 0 aliphatic carbocycles. The minimum atomic E-state index is -1.26. The van der Waals surface area contributed by atoms with Crippen molar-refractivity contribution in [2.75, 3.05) is 6.61 Å². The maximum Gasteiger partial charge on any atom is 0.337 e. The maximum absolute atomic E-state index is 14.8. The smallest absolute Gasteiger partial charge is 0.337 e. The van der Waals surface area contributed by atoms with Gasteiger partial charge in [-0.25, -0.2) is 9.18 Å². The second-order valence-electron chi connectivity index (χ2n) is 9.72. The zero-order chi connectivity index (χ0) is 24.1. The van der Waals surface area contributed by atoms with Crippen LogP contribution in [0.1, 0.15) is 61.2 Å². The largest absolute Gasteiger partial charge is 0.493 e. The Morgan fingerprint density at radius 3 is 2.61 bits per heavy atom. The van der Waals surface area contributed by atoms with E-state index in [0.717, 1.165) is 35.3 Å². The lowest BCUT2D eigenvalue weighted by molar-refractivity contribution is -0.160. The van der Waals surface area contributed by atoms with E-state index in [2.05, 4.69) is 4.98 Å². The lowest BCUT2D eigenvalue weighted by atomic mass is 9.86. The number of aliphatic carboxylic acids is 1. The van der Waals surface area contributed by atoms with Gasteiger partial charge in [0.15, 0.2) is 6.10 Å². The van der Waals surface area contributed by atoms with Crippen LogP contribution in [0.25, 0.3) is 22.0 Å². The molecule has 0 radical (unpaired) electrons. The van der Waals surface area contributed by atoms with E-state index in [9.17, 15) is 14.3 Å². The van der Waals surface area contributed by atoms with Gasteiger partial charge in [0.25, 0.3) is 0 Å². The lowest BCUT2D eigenvalue weighted by Gasteiger charge is -2.29. The second kappa shape index (κ2) is 8.41. The number of halogens is 1. The number of nitrogens with zero attached hydrogens (tertiary/aromatic N) is 1. The van der Waals surface area contributed by atoms with Gasteiger partial charge in [-0.05, 0) is 100 Å². The summed E-state index contributed by atoms with van der Waals surface area (Å²) in [5.41, 5.74) is 5.00. The number of rotatable bonds is 4. The van der Waals surface area contributed by atoms with Crippen LogP contribution >= 0.6 is 0 Å². The number of pyridine rings is 1. The molecule has 0 bridgehead atoms. The molecular weight excluding hydrogens is 421 g/mol. The average molecular weight is 452 g/mol. The van der Waals surface area contributed by atoms with Crippen molar-refractivity contribution in [1.29, 1.82) is 0 Å². The third-order valence-electron chi connectivity index (χ3n) is 6.10. The molecule has 0 amide bonds. The number of ether oxygens (including phenoxy) is 2. The van der Waals surface area contributed by atoms with Gasteiger partial charge >= 0.3 is 5.97 Å². The highest BCUT2D eigenvalue weighted by atomic mass is 19.1. The molecule has 0 unspecified atom stereocenters. The molecule has 6 heteroatoms. The van der Waals surface area contributed by atoms with E-state index >= 15 is 0 Å². The molecule has 1 N–H and O–H groups in total. The van der Waals surface area contributed by atoms with Crippen LogP contribution in [0.15, 0.2) is 24.3 Å². The van der Waals surface area contributed by atoms with Crippen LogP contribution in [0.3, 0.4) is 0 Å². The molecule has 174 valence electrons. The molecule has 0 fully saturated rings.